The van der Waals surface area contributed by atoms with Gasteiger partial charge in [0, 0.05) is 11.6 Å². The van der Waals surface area contributed by atoms with Gasteiger partial charge in [0.25, 0.3) is 5.56 Å². The number of nitrogens with zero attached hydrogens (tertiary/aromatic N) is 2. The van der Waals surface area contributed by atoms with Crippen molar-refractivity contribution in [3.8, 4) is 11.3 Å². The molecule has 8 heteroatoms. The van der Waals surface area contributed by atoms with E-state index in [9.17, 15) is 14.0 Å². The van der Waals surface area contributed by atoms with E-state index >= 15 is 0 Å². The predicted octanol–water partition coefficient (Wildman–Crippen LogP) is 4.20. The van der Waals surface area contributed by atoms with Crippen molar-refractivity contribution >= 4 is 23.4 Å². The molecule has 1 atom stereocenters. The summed E-state index contributed by atoms with van der Waals surface area (Å²) in [5.41, 5.74) is 2.09. The molecule has 5 rings (SSSR count). The topological polar surface area (TPSA) is 73.8 Å². The highest BCUT2D eigenvalue weighted by atomic mass is 32.1. The maximum Gasteiger partial charge on any atom is 0.338 e. The van der Waals surface area contributed by atoms with Crippen LogP contribution < -0.4 is 14.9 Å². The summed E-state index contributed by atoms with van der Waals surface area (Å²) in [7, 11) is 0. The maximum absolute atomic E-state index is 13.6. The number of fused-ring (bicyclic) bond motifs is 1. The van der Waals surface area contributed by atoms with Crippen molar-refractivity contribution in [2.45, 2.75) is 19.9 Å². The smallest absolute Gasteiger partial charge is 0.338 e. The van der Waals surface area contributed by atoms with Gasteiger partial charge in [-0.25, -0.2) is 14.2 Å². The second-order valence-corrected chi connectivity index (χ2v) is 8.93. The highest BCUT2D eigenvalue weighted by molar-refractivity contribution is 7.07. The molecule has 0 amide bonds. The number of carbonyl (C=O) groups excluding carboxylic acids is 1. The average molecular weight is 489 g/mol. The Labute approximate surface area is 203 Å². The molecule has 6 nitrogen and oxygen atoms in total. The summed E-state index contributed by atoms with van der Waals surface area (Å²) in [5.74, 6) is 0.220. The summed E-state index contributed by atoms with van der Waals surface area (Å²) < 4.78 is 26.4. The number of hydrogen-bond donors (Lipinski definition) is 0. The number of thiazole rings is 1. The fraction of sp³-hybridized carbons (Fsp3) is 0.148. The van der Waals surface area contributed by atoms with Crippen LogP contribution in [-0.4, -0.2) is 17.1 Å². The largest absolute Gasteiger partial charge is 0.463 e. The number of rotatable bonds is 5. The van der Waals surface area contributed by atoms with Gasteiger partial charge in [-0.3, -0.25) is 9.36 Å². The van der Waals surface area contributed by atoms with Crippen molar-refractivity contribution in [3.63, 3.8) is 0 Å². The quantitative estimate of drug-likeness (QED) is 0.395. The highest BCUT2D eigenvalue weighted by Crippen LogP contribution is 2.30. The molecule has 2 aromatic carbocycles. The number of aromatic nitrogens is 1. The van der Waals surface area contributed by atoms with Crippen molar-refractivity contribution in [1.82, 2.24) is 4.57 Å². The fourth-order valence-electron chi connectivity index (χ4n) is 4.07. The molecule has 4 aromatic rings. The van der Waals surface area contributed by atoms with E-state index in [-0.39, 0.29) is 18.0 Å². The lowest BCUT2D eigenvalue weighted by Gasteiger charge is -2.24. The third-order valence-corrected chi connectivity index (χ3v) is 6.64. The zero-order valence-electron chi connectivity index (χ0n) is 19.0. The highest BCUT2D eigenvalue weighted by Gasteiger charge is 2.33. The molecular weight excluding hydrogens is 467 g/mol. The maximum atomic E-state index is 13.6. The van der Waals surface area contributed by atoms with E-state index in [4.69, 9.17) is 9.15 Å². The van der Waals surface area contributed by atoms with Crippen LogP contribution >= 0.6 is 11.3 Å². The molecule has 1 aliphatic rings. The standard InChI is InChI=1S/C27H21FN2O4S/c1-3-33-26(32)23-16(2)29-27-30(24(23)18-7-5-4-6-8-18)25(31)22(35-27)15-20-13-14-21(34-20)17-9-11-19(28)12-10-17/h4-15,24H,3H2,1-2H3/t24-/m1/s1. The second-order valence-electron chi connectivity index (χ2n) is 7.92. The molecule has 0 bridgehead atoms. The molecule has 1 aliphatic heterocycles. The van der Waals surface area contributed by atoms with Crippen LogP contribution in [0.5, 0.6) is 0 Å². The minimum Gasteiger partial charge on any atom is -0.463 e. The van der Waals surface area contributed by atoms with Crippen molar-refractivity contribution in [3.05, 3.63) is 115 Å². The van der Waals surface area contributed by atoms with Gasteiger partial charge in [-0.2, -0.15) is 0 Å². The molecule has 3 heterocycles. The minimum absolute atomic E-state index is 0.219. The molecule has 0 N–H and O–H groups in total. The summed E-state index contributed by atoms with van der Waals surface area (Å²) in [6.07, 6.45) is 1.66. The molecule has 0 saturated heterocycles. The van der Waals surface area contributed by atoms with Crippen molar-refractivity contribution in [2.24, 2.45) is 4.99 Å². The first-order valence-electron chi connectivity index (χ1n) is 11.1. The summed E-state index contributed by atoms with van der Waals surface area (Å²) in [6.45, 7) is 3.71. The Balaban J connectivity index is 1.62. The van der Waals surface area contributed by atoms with E-state index in [2.05, 4.69) is 4.99 Å². The Bertz CT molecular complexity index is 1610. The van der Waals surface area contributed by atoms with Gasteiger partial charge in [-0.05, 0) is 55.8 Å². The summed E-state index contributed by atoms with van der Waals surface area (Å²) >= 11 is 1.23. The molecule has 0 radical (unpaired) electrons. The van der Waals surface area contributed by atoms with Gasteiger partial charge in [-0.15, -0.1) is 0 Å². The zero-order valence-corrected chi connectivity index (χ0v) is 19.8. The van der Waals surface area contributed by atoms with E-state index in [1.54, 1.807) is 44.2 Å². The van der Waals surface area contributed by atoms with Gasteiger partial charge in [-0.1, -0.05) is 41.7 Å². The Morgan fingerprint density at radius 2 is 1.89 bits per heavy atom. The Morgan fingerprint density at radius 3 is 2.60 bits per heavy atom. The third kappa shape index (κ3) is 4.28. The van der Waals surface area contributed by atoms with E-state index < -0.39 is 12.0 Å². The predicted molar refractivity (Wildman–Crippen MR) is 131 cm³/mol. The first-order valence-corrected chi connectivity index (χ1v) is 11.9. The second kappa shape index (κ2) is 9.31. The van der Waals surface area contributed by atoms with E-state index in [1.807, 2.05) is 30.3 Å². The number of furan rings is 1. The molecule has 0 saturated carbocycles. The van der Waals surface area contributed by atoms with Crippen LogP contribution in [0.4, 0.5) is 4.39 Å². The number of hydrogen-bond acceptors (Lipinski definition) is 6. The summed E-state index contributed by atoms with van der Waals surface area (Å²) in [6, 6.07) is 18.2. The lowest BCUT2D eigenvalue weighted by atomic mass is 9.96. The molecular formula is C27H21FN2O4S. The van der Waals surface area contributed by atoms with Gasteiger partial charge in [0.05, 0.1) is 28.5 Å². The van der Waals surface area contributed by atoms with Gasteiger partial charge in [0.15, 0.2) is 4.80 Å². The van der Waals surface area contributed by atoms with Crippen LogP contribution in [0.3, 0.4) is 0 Å². The number of esters is 1. The first kappa shape index (κ1) is 22.7. The lowest BCUT2D eigenvalue weighted by Crippen LogP contribution is -2.39. The Hall–Kier alpha value is -4.04. The first-order chi connectivity index (χ1) is 17.0. The monoisotopic (exact) mass is 488 g/mol. The van der Waals surface area contributed by atoms with E-state index in [0.29, 0.717) is 32.1 Å². The van der Waals surface area contributed by atoms with Crippen LogP contribution in [-0.2, 0) is 9.53 Å². The van der Waals surface area contributed by atoms with Gasteiger partial charge in [0.1, 0.15) is 17.3 Å². The number of benzene rings is 2. The lowest BCUT2D eigenvalue weighted by molar-refractivity contribution is -0.139. The van der Waals surface area contributed by atoms with Crippen LogP contribution in [0.15, 0.2) is 92.2 Å². The molecule has 0 fully saturated rings. The zero-order chi connectivity index (χ0) is 24.5. The number of halogens is 1. The molecule has 0 aliphatic carbocycles. The Kier molecular flexibility index (Phi) is 6.05. The van der Waals surface area contributed by atoms with Crippen molar-refractivity contribution in [1.29, 1.82) is 0 Å². The van der Waals surface area contributed by atoms with Crippen LogP contribution in [0, 0.1) is 5.82 Å². The molecule has 0 unspecified atom stereocenters. The number of ether oxygens (including phenoxy) is 1. The van der Waals surface area contributed by atoms with Crippen molar-refractivity contribution < 1.29 is 18.3 Å². The third-order valence-electron chi connectivity index (χ3n) is 5.66. The van der Waals surface area contributed by atoms with Gasteiger partial charge >= 0.3 is 5.97 Å². The average Bonchev–Trinajstić information content (AvgIpc) is 3.44. The fourth-order valence-corrected chi connectivity index (χ4v) is 5.10. The van der Waals surface area contributed by atoms with Crippen LogP contribution in [0.25, 0.3) is 17.4 Å². The van der Waals surface area contributed by atoms with Gasteiger partial charge in [0.2, 0.25) is 0 Å². The van der Waals surface area contributed by atoms with Crippen LogP contribution in [0.1, 0.15) is 31.2 Å². The molecule has 0 spiro atoms. The minimum atomic E-state index is -0.653. The Morgan fingerprint density at radius 1 is 1.14 bits per heavy atom. The summed E-state index contributed by atoms with van der Waals surface area (Å²) in [4.78, 5) is 31.5. The normalized spacial score (nSPS) is 15.6. The molecule has 35 heavy (non-hydrogen) atoms. The number of carbonyl (C=O) groups is 1. The molecule has 2 aromatic heterocycles. The molecule has 176 valence electrons. The van der Waals surface area contributed by atoms with Gasteiger partial charge < -0.3 is 9.15 Å². The van der Waals surface area contributed by atoms with Crippen LogP contribution in [0.2, 0.25) is 0 Å². The van der Waals surface area contributed by atoms with E-state index in [1.165, 1.54) is 28.0 Å². The SMILES string of the molecule is CCOC(=O)C1=C(C)N=c2sc(=Cc3ccc(-c4ccc(F)cc4)o3)c(=O)n2[C@@H]1c1ccccc1. The summed E-state index contributed by atoms with van der Waals surface area (Å²) in [5, 5.41) is 0. The van der Waals surface area contributed by atoms with E-state index in [0.717, 1.165) is 11.1 Å². The van der Waals surface area contributed by atoms with Crippen molar-refractivity contribution in [2.75, 3.05) is 6.61 Å². The number of allylic oxidation sites excluding steroid dienone is 1.